The van der Waals surface area contributed by atoms with Gasteiger partial charge in [0.2, 0.25) is 0 Å². The number of aryl methyl sites for hydroxylation is 1. The maximum atomic E-state index is 13.0. The summed E-state index contributed by atoms with van der Waals surface area (Å²) in [6, 6.07) is 9.74. The van der Waals surface area contributed by atoms with Crippen LogP contribution in [-0.2, 0) is 4.79 Å². The van der Waals surface area contributed by atoms with Gasteiger partial charge in [-0.15, -0.1) is 11.3 Å². The highest BCUT2D eigenvalue weighted by Gasteiger charge is 2.36. The average Bonchev–Trinajstić information content (AvgIpc) is 3.40. The maximum absolute atomic E-state index is 13.0. The lowest BCUT2D eigenvalue weighted by Crippen LogP contribution is -2.38. The quantitative estimate of drug-likeness (QED) is 0.598. The predicted molar refractivity (Wildman–Crippen MR) is 120 cm³/mol. The number of benzene rings is 1. The van der Waals surface area contributed by atoms with Crippen LogP contribution in [-0.4, -0.2) is 81.7 Å². The maximum Gasteiger partial charge on any atom is 0.290 e. The van der Waals surface area contributed by atoms with Crippen molar-refractivity contribution in [3.8, 4) is 11.3 Å². The van der Waals surface area contributed by atoms with E-state index in [9.17, 15) is 9.90 Å². The molecule has 31 heavy (non-hydrogen) atoms. The van der Waals surface area contributed by atoms with Gasteiger partial charge in [-0.3, -0.25) is 9.59 Å². The molecule has 1 saturated heterocycles. The number of carbonyl (C=O) groups excluding carboxylic acids is 1. The summed E-state index contributed by atoms with van der Waals surface area (Å²) >= 11 is 1.62. The van der Waals surface area contributed by atoms with E-state index in [1.807, 2.05) is 56.7 Å². The molecule has 0 aliphatic carbocycles. The molecule has 2 aromatic heterocycles. The molecule has 3 heterocycles. The van der Waals surface area contributed by atoms with E-state index >= 15 is 0 Å². The number of likely N-dealkylation sites (tertiary alicyclic amines) is 1. The fraction of sp³-hybridized carbons (Fsp3) is 0.364. The number of rotatable bonds is 4. The number of hydrogen-bond donors (Lipinski definition) is 2. The predicted octanol–water partition coefficient (Wildman–Crippen LogP) is 2.50. The van der Waals surface area contributed by atoms with E-state index < -0.39 is 0 Å². The van der Waals surface area contributed by atoms with Crippen molar-refractivity contribution in [1.82, 2.24) is 19.8 Å². The van der Waals surface area contributed by atoms with Gasteiger partial charge < -0.3 is 20.0 Å². The summed E-state index contributed by atoms with van der Waals surface area (Å²) in [5.41, 5.74) is 3.46. The second-order valence-electron chi connectivity index (χ2n) is 7.58. The molecule has 9 heteroatoms. The summed E-state index contributed by atoms with van der Waals surface area (Å²) in [5, 5.41) is 18.6. The summed E-state index contributed by atoms with van der Waals surface area (Å²) in [4.78, 5) is 34.4. The molecule has 3 aromatic rings. The molecule has 8 nitrogen and oxygen atoms in total. The monoisotopic (exact) mass is 442 g/mol. The van der Waals surface area contributed by atoms with Gasteiger partial charge in [-0.05, 0) is 51.0 Å². The van der Waals surface area contributed by atoms with Crippen molar-refractivity contribution >= 4 is 33.9 Å². The second kappa shape index (κ2) is 9.95. The molecule has 1 aliphatic rings. The molecule has 4 rings (SSSR count). The summed E-state index contributed by atoms with van der Waals surface area (Å²) in [6.07, 6.45) is 0.796. The topological polar surface area (TPSA) is 107 Å². The molecule has 2 N–H and O–H groups in total. The van der Waals surface area contributed by atoms with E-state index in [2.05, 4.69) is 14.9 Å². The molecule has 0 unspecified atom stereocenters. The summed E-state index contributed by atoms with van der Waals surface area (Å²) in [6.45, 7) is 2.27. The number of carboxylic acid groups (broad SMARTS) is 1. The highest BCUT2D eigenvalue weighted by atomic mass is 32.1. The molecule has 0 radical (unpaired) electrons. The van der Waals surface area contributed by atoms with Crippen LogP contribution < -0.4 is 0 Å². The minimum Gasteiger partial charge on any atom is -0.483 e. The van der Waals surface area contributed by atoms with Crippen LogP contribution >= 0.6 is 11.3 Å². The van der Waals surface area contributed by atoms with Gasteiger partial charge in [-0.1, -0.05) is 12.1 Å². The third kappa shape index (κ3) is 4.90. The number of aliphatic hydroxyl groups is 1. The number of amides is 1. The Morgan fingerprint density at radius 3 is 2.55 bits per heavy atom. The molecule has 2 atom stereocenters. The Morgan fingerprint density at radius 1 is 1.26 bits per heavy atom. The van der Waals surface area contributed by atoms with Crippen molar-refractivity contribution in [2.24, 2.45) is 0 Å². The zero-order valence-electron chi connectivity index (χ0n) is 17.7. The number of aliphatic hydroxyl groups excluding tert-OH is 1. The van der Waals surface area contributed by atoms with Crippen molar-refractivity contribution in [1.29, 1.82) is 0 Å². The molecule has 1 fully saturated rings. The van der Waals surface area contributed by atoms with Gasteiger partial charge in [-0.2, -0.15) is 0 Å². The van der Waals surface area contributed by atoms with Crippen LogP contribution in [0.15, 0.2) is 35.7 Å². The lowest BCUT2D eigenvalue weighted by molar-refractivity contribution is -0.122. The minimum absolute atomic E-state index is 0.00919. The fourth-order valence-electron chi connectivity index (χ4n) is 3.80. The summed E-state index contributed by atoms with van der Waals surface area (Å²) < 4.78 is 1.05. The Hall–Kier alpha value is -2.88. The molecule has 1 aliphatic heterocycles. The molecule has 0 spiro atoms. The SMILES string of the molecule is Cc1nc(-c2ccc(C(=O)N3C[C@@H](N(C)C)C[C@H]3CO)cc2)c2sccc2n1.O=CO. The lowest BCUT2D eigenvalue weighted by atomic mass is 10.1. The first kappa shape index (κ1) is 22.8. The molecule has 1 amide bonds. The van der Waals surface area contributed by atoms with Crippen molar-refractivity contribution in [3.05, 3.63) is 47.1 Å². The molecule has 1 aromatic carbocycles. The first-order valence-electron chi connectivity index (χ1n) is 9.88. The minimum atomic E-state index is -0.250. The van der Waals surface area contributed by atoms with Crippen molar-refractivity contribution in [2.45, 2.75) is 25.4 Å². The highest BCUT2D eigenvalue weighted by Crippen LogP contribution is 2.31. The molecular formula is C22H26N4O4S. The van der Waals surface area contributed by atoms with Crippen molar-refractivity contribution in [3.63, 3.8) is 0 Å². The second-order valence-corrected chi connectivity index (χ2v) is 8.50. The van der Waals surface area contributed by atoms with E-state index in [4.69, 9.17) is 9.90 Å². The van der Waals surface area contributed by atoms with Gasteiger partial charge in [0.25, 0.3) is 12.4 Å². The van der Waals surface area contributed by atoms with Gasteiger partial charge in [0.05, 0.1) is 28.6 Å². The van der Waals surface area contributed by atoms with Gasteiger partial charge in [0.15, 0.2) is 0 Å². The number of hydrogen-bond acceptors (Lipinski definition) is 7. The van der Waals surface area contributed by atoms with Gasteiger partial charge in [0.1, 0.15) is 5.82 Å². The van der Waals surface area contributed by atoms with Crippen LogP contribution in [0.2, 0.25) is 0 Å². The fourth-order valence-corrected chi connectivity index (χ4v) is 4.64. The molecule has 164 valence electrons. The Labute approximate surface area is 184 Å². The van der Waals surface area contributed by atoms with Gasteiger partial charge >= 0.3 is 0 Å². The lowest BCUT2D eigenvalue weighted by Gasteiger charge is -2.23. The van der Waals surface area contributed by atoms with Crippen molar-refractivity contribution < 1.29 is 19.8 Å². The molecular weight excluding hydrogens is 416 g/mol. The third-order valence-electron chi connectivity index (χ3n) is 5.41. The Balaban J connectivity index is 0.000000858. The number of carbonyl (C=O) groups is 2. The van der Waals surface area contributed by atoms with Crippen LogP contribution in [0.3, 0.4) is 0 Å². The van der Waals surface area contributed by atoms with Gasteiger partial charge in [-0.25, -0.2) is 9.97 Å². The third-order valence-corrected chi connectivity index (χ3v) is 6.33. The molecule has 0 bridgehead atoms. The van der Waals surface area contributed by atoms with Crippen LogP contribution in [0.25, 0.3) is 21.5 Å². The van der Waals surface area contributed by atoms with Gasteiger partial charge in [0, 0.05) is 23.7 Å². The zero-order chi connectivity index (χ0) is 22.5. The number of nitrogens with zero attached hydrogens (tertiary/aromatic N) is 4. The Bertz CT molecular complexity index is 1050. The van der Waals surface area contributed by atoms with E-state index in [1.165, 1.54) is 0 Å². The summed E-state index contributed by atoms with van der Waals surface area (Å²) in [5.74, 6) is 0.703. The highest BCUT2D eigenvalue weighted by molar-refractivity contribution is 7.17. The molecule has 0 saturated carbocycles. The summed E-state index contributed by atoms with van der Waals surface area (Å²) in [7, 11) is 4.02. The number of fused-ring (bicyclic) bond motifs is 1. The first-order valence-corrected chi connectivity index (χ1v) is 10.8. The van der Waals surface area contributed by atoms with Crippen LogP contribution in [0, 0.1) is 6.92 Å². The first-order chi connectivity index (χ1) is 14.9. The van der Waals surface area contributed by atoms with Crippen LogP contribution in [0.5, 0.6) is 0 Å². The standard InChI is InChI=1S/C21H24N4O2S.CH2O2/c1-13-22-18-8-9-28-20(18)19(23-13)14-4-6-15(7-5-14)21(27)25-11-16(24(2)3)10-17(25)12-26;2-1-3/h4-9,16-17,26H,10-12H2,1-3H3;1H,(H,2,3)/t16-,17-;/m0./s1. The van der Waals surface area contributed by atoms with E-state index in [1.54, 1.807) is 16.2 Å². The van der Waals surface area contributed by atoms with E-state index in [-0.39, 0.29) is 31.1 Å². The Kier molecular flexibility index (Phi) is 7.32. The van der Waals surface area contributed by atoms with Crippen molar-refractivity contribution in [2.75, 3.05) is 27.2 Å². The number of aromatic nitrogens is 2. The van der Waals surface area contributed by atoms with Crippen LogP contribution in [0.4, 0.5) is 0 Å². The Morgan fingerprint density at radius 2 is 1.94 bits per heavy atom. The number of thiophene rings is 1. The average molecular weight is 443 g/mol. The zero-order valence-corrected chi connectivity index (χ0v) is 18.5. The normalized spacial score (nSPS) is 18.2. The van der Waals surface area contributed by atoms with Crippen LogP contribution in [0.1, 0.15) is 22.6 Å². The van der Waals surface area contributed by atoms with E-state index in [0.29, 0.717) is 12.1 Å². The smallest absolute Gasteiger partial charge is 0.290 e. The number of likely N-dealkylation sites (N-methyl/N-ethyl adjacent to an activating group) is 1. The van der Waals surface area contributed by atoms with E-state index in [0.717, 1.165) is 33.7 Å². The largest absolute Gasteiger partial charge is 0.483 e.